The van der Waals surface area contributed by atoms with Crippen LogP contribution in [-0.4, -0.2) is 32.0 Å². The predicted molar refractivity (Wildman–Crippen MR) is 153 cm³/mol. The zero-order chi connectivity index (χ0) is 28.3. The number of hydrogen-bond acceptors (Lipinski definition) is 6. The van der Waals surface area contributed by atoms with Gasteiger partial charge >= 0.3 is 0 Å². The molecule has 0 saturated carbocycles. The van der Waals surface area contributed by atoms with Crippen LogP contribution < -0.4 is 15.6 Å². The van der Waals surface area contributed by atoms with Gasteiger partial charge in [-0.15, -0.1) is 0 Å². The van der Waals surface area contributed by atoms with E-state index < -0.39 is 15.0 Å². The Bertz CT molecular complexity index is 1300. The monoisotopic (exact) mass is 574 g/mol. The Morgan fingerprint density at radius 2 is 1.56 bits per heavy atom. The van der Waals surface area contributed by atoms with Crippen LogP contribution in [0.5, 0.6) is 0 Å². The molecule has 0 bridgehead atoms. The number of nitrogens with zero attached hydrogens (tertiary/aromatic N) is 2. The Hall–Kier alpha value is -3.24. The number of anilines is 2. The van der Waals surface area contributed by atoms with Crippen molar-refractivity contribution in [2.24, 2.45) is 5.10 Å². The van der Waals surface area contributed by atoms with Gasteiger partial charge in [0.25, 0.3) is 20.9 Å². The summed E-state index contributed by atoms with van der Waals surface area (Å²) in [5.41, 5.74) is 1.05. The minimum Gasteiger partial charge on any atom is -0.322 e. The number of carbonyl (C=O) groups is 3. The average Bonchev–Trinajstić information content (AvgIpc) is 3.27. The van der Waals surface area contributed by atoms with Gasteiger partial charge in [-0.1, -0.05) is 64.4 Å². The number of benzene rings is 2. The molecule has 3 rings (SSSR count). The van der Waals surface area contributed by atoms with Crippen LogP contribution in [-0.2, 0) is 18.6 Å². The molecule has 0 fully saturated rings. The van der Waals surface area contributed by atoms with E-state index in [1.165, 1.54) is 67.8 Å². The number of rotatable bonds is 14. The molecular weight excluding hydrogens is 540 g/mol. The van der Waals surface area contributed by atoms with Gasteiger partial charge in [0.15, 0.2) is 0 Å². The third kappa shape index (κ3) is 9.78. The highest BCUT2D eigenvalue weighted by molar-refractivity contribution is 8.13. The van der Waals surface area contributed by atoms with Gasteiger partial charge in [0, 0.05) is 28.4 Å². The highest BCUT2D eigenvalue weighted by Crippen LogP contribution is 2.23. The topological polar surface area (TPSA) is 125 Å². The first-order valence-electron chi connectivity index (χ1n) is 13.3. The first kappa shape index (κ1) is 30.3. The summed E-state index contributed by atoms with van der Waals surface area (Å²) in [6.07, 6.45) is 11.0. The molecule has 11 heteroatoms. The van der Waals surface area contributed by atoms with Gasteiger partial charge in [-0.05, 0) is 48.9 Å². The molecule has 0 saturated heterocycles. The minimum atomic E-state index is -3.96. The summed E-state index contributed by atoms with van der Waals surface area (Å²) >= 11 is 0. The van der Waals surface area contributed by atoms with Crippen molar-refractivity contribution in [2.75, 3.05) is 10.3 Å². The van der Waals surface area contributed by atoms with E-state index >= 15 is 0 Å². The van der Waals surface area contributed by atoms with E-state index in [0.717, 1.165) is 19.3 Å². The van der Waals surface area contributed by atoms with Gasteiger partial charge in [-0.25, -0.2) is 8.42 Å². The summed E-state index contributed by atoms with van der Waals surface area (Å²) in [7, 11) is 1.39. The molecule has 2 aromatic rings. The molecular formula is C28H35ClN4O5S. The Morgan fingerprint density at radius 1 is 0.923 bits per heavy atom. The molecule has 2 N–H and O–H groups in total. The number of hydrogen-bond donors (Lipinski definition) is 2. The molecule has 0 unspecified atom stereocenters. The smallest absolute Gasteiger partial charge is 0.261 e. The Kier molecular flexibility index (Phi) is 11.5. The van der Waals surface area contributed by atoms with E-state index in [-0.39, 0.29) is 28.7 Å². The van der Waals surface area contributed by atoms with E-state index in [0.29, 0.717) is 23.6 Å². The van der Waals surface area contributed by atoms with Crippen LogP contribution in [0.2, 0.25) is 0 Å². The molecule has 1 heterocycles. The second kappa shape index (κ2) is 14.8. The third-order valence-electron chi connectivity index (χ3n) is 6.31. The number of nitrogens with one attached hydrogen (secondary N) is 2. The highest BCUT2D eigenvalue weighted by atomic mass is 35.7. The number of halogens is 1. The molecule has 2 aromatic carbocycles. The lowest BCUT2D eigenvalue weighted by Crippen LogP contribution is -2.29. The van der Waals surface area contributed by atoms with E-state index in [2.05, 4.69) is 22.7 Å². The van der Waals surface area contributed by atoms with Crippen LogP contribution in [0.3, 0.4) is 0 Å². The van der Waals surface area contributed by atoms with Crippen molar-refractivity contribution in [3.05, 3.63) is 54.1 Å². The van der Waals surface area contributed by atoms with Gasteiger partial charge in [0.2, 0.25) is 5.91 Å². The molecule has 0 aliphatic carbocycles. The van der Waals surface area contributed by atoms with Crippen molar-refractivity contribution in [2.45, 2.75) is 82.4 Å². The number of unbranched alkanes of at least 4 members (excludes halogenated alkanes) is 8. The van der Waals surface area contributed by atoms with Gasteiger partial charge in [-0.2, -0.15) is 10.1 Å². The fourth-order valence-corrected chi connectivity index (χ4v) is 5.00. The fourth-order valence-electron chi connectivity index (χ4n) is 4.20. The molecule has 39 heavy (non-hydrogen) atoms. The Balaban J connectivity index is 1.46. The van der Waals surface area contributed by atoms with Gasteiger partial charge in [0.1, 0.15) is 5.84 Å². The zero-order valence-corrected chi connectivity index (χ0v) is 23.7. The molecule has 3 amide bonds. The molecule has 0 radical (unpaired) electrons. The van der Waals surface area contributed by atoms with Crippen LogP contribution in [0.4, 0.5) is 11.4 Å². The van der Waals surface area contributed by atoms with Crippen molar-refractivity contribution >= 4 is 54.7 Å². The van der Waals surface area contributed by atoms with Gasteiger partial charge in [-0.3, -0.25) is 14.4 Å². The van der Waals surface area contributed by atoms with Gasteiger partial charge in [0.05, 0.1) is 17.0 Å². The first-order chi connectivity index (χ1) is 18.7. The largest absolute Gasteiger partial charge is 0.322 e. The normalized spacial score (nSPS) is 13.3. The lowest BCUT2D eigenvalue weighted by molar-refractivity contribution is -0.119. The van der Waals surface area contributed by atoms with E-state index in [4.69, 9.17) is 10.7 Å². The molecule has 0 atom stereocenters. The van der Waals surface area contributed by atoms with E-state index in [1.807, 2.05) is 0 Å². The summed E-state index contributed by atoms with van der Waals surface area (Å²) in [5.74, 6) is -0.621. The lowest BCUT2D eigenvalue weighted by atomic mass is 10.1. The molecule has 0 aromatic heterocycles. The number of amidine groups is 1. The van der Waals surface area contributed by atoms with Crippen LogP contribution in [0, 0.1) is 0 Å². The number of carbonyl (C=O) groups excluding carboxylic acids is 3. The van der Waals surface area contributed by atoms with Crippen LogP contribution in [0.25, 0.3) is 0 Å². The Morgan fingerprint density at radius 3 is 2.21 bits per heavy atom. The van der Waals surface area contributed by atoms with Crippen LogP contribution in [0.15, 0.2) is 58.5 Å². The lowest BCUT2D eigenvalue weighted by Gasteiger charge is -2.12. The molecule has 1 aliphatic rings. The summed E-state index contributed by atoms with van der Waals surface area (Å²) in [4.78, 5) is 37.1. The van der Waals surface area contributed by atoms with E-state index in [9.17, 15) is 22.8 Å². The maximum atomic E-state index is 12.5. The second-order valence-electron chi connectivity index (χ2n) is 9.52. The number of hydrazone groups is 1. The third-order valence-corrected chi connectivity index (χ3v) is 7.67. The standard InChI is InChI=1S/C28H35ClN4O5S/c1-2-3-4-5-6-7-8-9-10-14-26(34)31-25-20-27(35)33(32-25)23-17-15-22(16-18-23)30-28(36)21-12-11-13-24(19-21)39(29,37)38/h11-13,15-19H,2-10,14,20H2,1H3,(H,30,36)(H,31,32,34). The average molecular weight is 575 g/mol. The van der Waals surface area contributed by atoms with Crippen LogP contribution in [0.1, 0.15) is 87.9 Å². The molecule has 210 valence electrons. The first-order valence-corrected chi connectivity index (χ1v) is 15.6. The fraction of sp³-hybridized carbons (Fsp3) is 0.429. The van der Waals surface area contributed by atoms with Crippen molar-refractivity contribution in [3.8, 4) is 0 Å². The molecule has 0 spiro atoms. The van der Waals surface area contributed by atoms with Crippen molar-refractivity contribution < 1.29 is 22.8 Å². The Labute approximate surface area is 234 Å². The predicted octanol–water partition coefficient (Wildman–Crippen LogP) is 5.95. The summed E-state index contributed by atoms with van der Waals surface area (Å²) in [6, 6.07) is 11.8. The van der Waals surface area contributed by atoms with Crippen molar-refractivity contribution in [1.29, 1.82) is 0 Å². The SMILES string of the molecule is CCCCCCCCCCCC(=O)NC1=NN(c2ccc(NC(=O)c3cccc(S(=O)(=O)Cl)c3)cc2)C(=O)C1. The van der Waals surface area contributed by atoms with E-state index in [1.54, 1.807) is 24.3 Å². The van der Waals surface area contributed by atoms with Gasteiger partial charge < -0.3 is 10.6 Å². The maximum absolute atomic E-state index is 12.5. The zero-order valence-electron chi connectivity index (χ0n) is 22.1. The van der Waals surface area contributed by atoms with Crippen molar-refractivity contribution in [1.82, 2.24) is 5.32 Å². The summed E-state index contributed by atoms with van der Waals surface area (Å²) in [6.45, 7) is 2.21. The quantitative estimate of drug-likeness (QED) is 0.213. The van der Waals surface area contributed by atoms with Crippen molar-refractivity contribution in [3.63, 3.8) is 0 Å². The van der Waals surface area contributed by atoms with Crippen LogP contribution >= 0.6 is 10.7 Å². The highest BCUT2D eigenvalue weighted by Gasteiger charge is 2.26. The second-order valence-corrected chi connectivity index (χ2v) is 12.1. The molecule has 9 nitrogen and oxygen atoms in total. The molecule has 1 aliphatic heterocycles. The number of amides is 3. The maximum Gasteiger partial charge on any atom is 0.261 e. The summed E-state index contributed by atoms with van der Waals surface area (Å²) in [5, 5.41) is 10.9. The minimum absolute atomic E-state index is 0.00179. The summed E-state index contributed by atoms with van der Waals surface area (Å²) < 4.78 is 23.0.